The van der Waals surface area contributed by atoms with Crippen LogP contribution in [0, 0.1) is 0 Å². The van der Waals surface area contributed by atoms with Gasteiger partial charge in [0.05, 0.1) is 16.9 Å². The molecule has 0 spiro atoms. The molecule has 3 aromatic heterocycles. The second-order valence-corrected chi connectivity index (χ2v) is 9.47. The fourth-order valence-electron chi connectivity index (χ4n) is 4.37. The third-order valence-corrected chi connectivity index (χ3v) is 7.76. The average molecular weight is 452 g/mol. The number of hydrogen-bond donors (Lipinski definition) is 0. The van der Waals surface area contributed by atoms with Crippen molar-refractivity contribution in [1.29, 1.82) is 0 Å². The molecule has 0 radical (unpaired) electrons. The van der Waals surface area contributed by atoms with Gasteiger partial charge in [0, 0.05) is 22.8 Å². The minimum atomic E-state index is -0.444. The molecule has 0 bridgehead atoms. The number of aromatic nitrogens is 2. The Morgan fingerprint density at radius 2 is 1.87 bits per heavy atom. The van der Waals surface area contributed by atoms with Gasteiger partial charge in [0.25, 0.3) is 5.56 Å². The van der Waals surface area contributed by atoms with Crippen LogP contribution in [-0.4, -0.2) is 26.5 Å². The van der Waals surface area contributed by atoms with Gasteiger partial charge >= 0.3 is 5.69 Å². The van der Waals surface area contributed by atoms with Crippen molar-refractivity contribution in [2.24, 2.45) is 0 Å². The molecule has 0 saturated heterocycles. The molecule has 0 N–H and O–H groups in total. The number of carbonyl (C=O) groups excluding carboxylic acids is 1. The van der Waals surface area contributed by atoms with Gasteiger partial charge in [-0.05, 0) is 53.9 Å². The van der Waals surface area contributed by atoms with Crippen LogP contribution < -0.4 is 11.2 Å². The number of benzene rings is 1. The van der Waals surface area contributed by atoms with Gasteiger partial charge in [-0.15, -0.1) is 22.7 Å². The van der Waals surface area contributed by atoms with E-state index >= 15 is 0 Å². The average Bonchev–Trinajstić information content (AvgIpc) is 3.48. The van der Waals surface area contributed by atoms with Crippen molar-refractivity contribution in [3.63, 3.8) is 0 Å². The molecule has 4 heterocycles. The molecule has 31 heavy (non-hydrogen) atoms. The van der Waals surface area contributed by atoms with Gasteiger partial charge in [-0.1, -0.05) is 18.2 Å². The van der Waals surface area contributed by atoms with E-state index in [1.807, 2.05) is 16.3 Å². The van der Waals surface area contributed by atoms with E-state index in [0.717, 1.165) is 11.3 Å². The van der Waals surface area contributed by atoms with Crippen molar-refractivity contribution in [2.75, 3.05) is 6.54 Å². The lowest BCUT2D eigenvalue weighted by Crippen LogP contribution is -2.45. The quantitative estimate of drug-likeness (QED) is 0.477. The smallest absolute Gasteiger partial charge is 0.329 e. The summed E-state index contributed by atoms with van der Waals surface area (Å²) >= 11 is 3.36. The number of fused-ring (bicyclic) bond motifs is 2. The van der Waals surface area contributed by atoms with Crippen molar-refractivity contribution in [3.05, 3.63) is 89.4 Å². The van der Waals surface area contributed by atoms with E-state index < -0.39 is 5.69 Å². The maximum atomic E-state index is 13.6. The van der Waals surface area contributed by atoms with Crippen molar-refractivity contribution >= 4 is 39.5 Å². The van der Waals surface area contributed by atoms with E-state index in [1.165, 1.54) is 19.6 Å². The molecule has 1 aliphatic rings. The van der Waals surface area contributed by atoms with Crippen LogP contribution in [0.4, 0.5) is 0 Å². The largest absolute Gasteiger partial charge is 0.331 e. The monoisotopic (exact) mass is 451 g/mol. The molecule has 158 valence electrons. The molecule has 8 heteroatoms. The minimum absolute atomic E-state index is 0.0963. The summed E-state index contributed by atoms with van der Waals surface area (Å²) in [5, 5.41) is 4.55. The molecule has 6 nitrogen and oxygen atoms in total. The van der Waals surface area contributed by atoms with Crippen LogP contribution in [0.5, 0.6) is 0 Å². The van der Waals surface area contributed by atoms with E-state index in [2.05, 4.69) is 17.5 Å². The molecule has 1 aliphatic heterocycles. The lowest BCUT2D eigenvalue weighted by atomic mass is 9.98. The fraction of sp³-hybridized carbons (Fsp3) is 0.261. The maximum absolute atomic E-state index is 13.6. The molecule has 0 aliphatic carbocycles. The number of thiophene rings is 2. The third-order valence-electron chi connectivity index (χ3n) is 5.84. The van der Waals surface area contributed by atoms with Gasteiger partial charge in [0.15, 0.2) is 0 Å². The predicted octanol–water partition coefficient (Wildman–Crippen LogP) is 3.48. The van der Waals surface area contributed by atoms with Crippen molar-refractivity contribution in [3.8, 4) is 0 Å². The summed E-state index contributed by atoms with van der Waals surface area (Å²) in [6.07, 6.45) is 0.810. The summed E-state index contributed by atoms with van der Waals surface area (Å²) < 4.78 is 2.64. The van der Waals surface area contributed by atoms with E-state index in [0.29, 0.717) is 17.4 Å². The van der Waals surface area contributed by atoms with Crippen LogP contribution in [-0.2, 0) is 24.3 Å². The highest BCUT2D eigenvalue weighted by Crippen LogP contribution is 2.39. The number of carbonyl (C=O) groups is 1. The maximum Gasteiger partial charge on any atom is 0.331 e. The van der Waals surface area contributed by atoms with Crippen molar-refractivity contribution in [2.45, 2.75) is 32.5 Å². The Bertz CT molecular complexity index is 1380. The Labute approximate surface area is 186 Å². The zero-order chi connectivity index (χ0) is 21.5. The molecular weight excluding hydrogens is 430 g/mol. The van der Waals surface area contributed by atoms with Gasteiger partial charge in [-0.25, -0.2) is 4.79 Å². The van der Waals surface area contributed by atoms with Gasteiger partial charge in [0.1, 0.15) is 6.54 Å². The van der Waals surface area contributed by atoms with E-state index in [4.69, 9.17) is 0 Å². The highest BCUT2D eigenvalue weighted by Gasteiger charge is 2.33. The number of hydrogen-bond acceptors (Lipinski definition) is 5. The van der Waals surface area contributed by atoms with Gasteiger partial charge < -0.3 is 4.90 Å². The van der Waals surface area contributed by atoms with Crippen LogP contribution in [0.2, 0.25) is 0 Å². The number of para-hydroxylation sites is 1. The molecule has 0 fully saturated rings. The zero-order valence-corrected chi connectivity index (χ0v) is 18.6. The lowest BCUT2D eigenvalue weighted by molar-refractivity contribution is -0.133. The summed E-state index contributed by atoms with van der Waals surface area (Å²) in [4.78, 5) is 43.6. The molecule has 1 amide bonds. The molecule has 4 aromatic rings. The van der Waals surface area contributed by atoms with Crippen molar-refractivity contribution in [1.82, 2.24) is 14.0 Å². The summed E-state index contributed by atoms with van der Waals surface area (Å²) in [6, 6.07) is 13.0. The lowest BCUT2D eigenvalue weighted by Gasteiger charge is -2.35. The highest BCUT2D eigenvalue weighted by molar-refractivity contribution is 7.10. The predicted molar refractivity (Wildman–Crippen MR) is 124 cm³/mol. The molecule has 0 unspecified atom stereocenters. The molecule has 0 saturated carbocycles. The van der Waals surface area contributed by atoms with Gasteiger partial charge in [0.2, 0.25) is 5.91 Å². The van der Waals surface area contributed by atoms with Gasteiger partial charge in [-0.3, -0.25) is 18.7 Å². The second kappa shape index (κ2) is 7.94. The van der Waals surface area contributed by atoms with Crippen LogP contribution in [0.3, 0.4) is 0 Å². The molecule has 1 atom stereocenters. The Balaban J connectivity index is 1.59. The standard InChI is InChI=1S/C23H21N3O3S2/c1-2-24-22(28)15-6-3-4-7-17(15)26(23(24)29)14-20(27)25-11-9-18-16(10-13-31-18)21(25)19-8-5-12-30-19/h3-8,10,12-13,21H,2,9,11,14H2,1H3/t21-/m0/s1. The van der Waals surface area contributed by atoms with Crippen LogP contribution in [0.1, 0.15) is 28.3 Å². The first-order valence-corrected chi connectivity index (χ1v) is 12.0. The summed E-state index contributed by atoms with van der Waals surface area (Å²) in [6.45, 7) is 2.53. The third kappa shape index (κ3) is 3.26. The first kappa shape index (κ1) is 20.0. The van der Waals surface area contributed by atoms with Crippen LogP contribution in [0.15, 0.2) is 62.8 Å². The van der Waals surface area contributed by atoms with Crippen LogP contribution in [0.25, 0.3) is 10.9 Å². The molecule has 5 rings (SSSR count). The minimum Gasteiger partial charge on any atom is -0.329 e. The fourth-order valence-corrected chi connectivity index (χ4v) is 6.13. The molecular formula is C23H21N3O3S2. The highest BCUT2D eigenvalue weighted by atomic mass is 32.1. The zero-order valence-electron chi connectivity index (χ0n) is 17.0. The van der Waals surface area contributed by atoms with Gasteiger partial charge in [-0.2, -0.15) is 0 Å². The second-order valence-electron chi connectivity index (χ2n) is 7.49. The Morgan fingerprint density at radius 1 is 1.03 bits per heavy atom. The first-order chi connectivity index (χ1) is 15.1. The summed E-state index contributed by atoms with van der Waals surface area (Å²) in [7, 11) is 0. The number of nitrogens with zero attached hydrogens (tertiary/aromatic N) is 3. The summed E-state index contributed by atoms with van der Waals surface area (Å²) in [5.74, 6) is -0.121. The van der Waals surface area contributed by atoms with E-state index in [1.54, 1.807) is 53.9 Å². The number of amides is 1. The normalized spacial score (nSPS) is 15.9. The Hall–Kier alpha value is -2.97. The summed E-state index contributed by atoms with van der Waals surface area (Å²) in [5.41, 5.74) is 0.906. The first-order valence-electron chi connectivity index (χ1n) is 10.2. The SMILES string of the molecule is CCn1c(=O)c2ccccc2n(CC(=O)N2CCc3sccc3[C@H]2c2cccs2)c1=O. The van der Waals surface area contributed by atoms with E-state index in [-0.39, 0.29) is 30.6 Å². The Morgan fingerprint density at radius 3 is 2.65 bits per heavy atom. The molecule has 1 aromatic carbocycles. The van der Waals surface area contributed by atoms with E-state index in [9.17, 15) is 14.4 Å². The Kier molecular flexibility index (Phi) is 5.11. The van der Waals surface area contributed by atoms with Crippen molar-refractivity contribution < 1.29 is 4.79 Å². The van der Waals surface area contributed by atoms with Crippen LogP contribution >= 0.6 is 22.7 Å². The topological polar surface area (TPSA) is 64.3 Å². The number of rotatable bonds is 4.